The minimum absolute atomic E-state index is 0.0534. The van der Waals surface area contributed by atoms with Gasteiger partial charge in [0.15, 0.2) is 0 Å². The number of rotatable bonds is 5. The van der Waals surface area contributed by atoms with Gasteiger partial charge in [-0.15, -0.1) is 0 Å². The lowest BCUT2D eigenvalue weighted by Crippen LogP contribution is -2.21. The molecule has 2 aromatic carbocycles. The molecule has 4 rings (SSSR count). The highest BCUT2D eigenvalue weighted by Crippen LogP contribution is 2.18. The molecule has 0 bridgehead atoms. The number of nitrogens with zero attached hydrogens (tertiary/aromatic N) is 2. The molecule has 0 fully saturated rings. The molecule has 0 saturated heterocycles. The number of halogens is 1. The summed E-state index contributed by atoms with van der Waals surface area (Å²) >= 11 is 5.89. The van der Waals surface area contributed by atoms with Crippen LogP contribution in [-0.2, 0) is 17.7 Å². The number of hydrogen-bond acceptors (Lipinski definition) is 5. The van der Waals surface area contributed by atoms with Gasteiger partial charge in [-0.05, 0) is 42.8 Å². The van der Waals surface area contributed by atoms with Crippen LogP contribution in [-0.4, -0.2) is 28.7 Å². The quantitative estimate of drug-likeness (QED) is 0.499. The van der Waals surface area contributed by atoms with E-state index in [1.807, 2.05) is 0 Å². The zero-order valence-electron chi connectivity index (χ0n) is 14.5. The maximum Gasteiger partial charge on any atom is 0.338 e. The average Bonchev–Trinajstić information content (AvgIpc) is 3.13. The third-order valence-electron chi connectivity index (χ3n) is 4.43. The molecule has 0 radical (unpaired) electrons. The molecule has 138 valence electrons. The Morgan fingerprint density at radius 2 is 2.07 bits per heavy atom. The second kappa shape index (κ2) is 7.40. The smallest absolute Gasteiger partial charge is 0.338 e. The summed E-state index contributed by atoms with van der Waals surface area (Å²) in [5, 5.41) is 1.09. The van der Waals surface area contributed by atoms with Crippen LogP contribution >= 0.6 is 11.6 Å². The minimum atomic E-state index is -0.478. The van der Waals surface area contributed by atoms with Gasteiger partial charge in [0, 0.05) is 18.0 Å². The summed E-state index contributed by atoms with van der Waals surface area (Å²) in [6.07, 6.45) is 1.70. The van der Waals surface area contributed by atoms with Gasteiger partial charge in [-0.25, -0.2) is 9.78 Å². The van der Waals surface area contributed by atoms with Crippen LogP contribution in [0.25, 0.3) is 10.9 Å². The Hall–Kier alpha value is -2.86. The second-order valence-electron chi connectivity index (χ2n) is 6.26. The normalized spacial score (nSPS) is 12.8. The van der Waals surface area contributed by atoms with Crippen molar-refractivity contribution in [2.75, 3.05) is 13.2 Å². The predicted octanol–water partition coefficient (Wildman–Crippen LogP) is 3.23. The summed E-state index contributed by atoms with van der Waals surface area (Å²) in [5.41, 5.74) is 0.834. The molecule has 7 heteroatoms. The van der Waals surface area contributed by atoms with Gasteiger partial charge in [-0.2, -0.15) is 0 Å². The zero-order valence-corrected chi connectivity index (χ0v) is 15.2. The number of hydrogen-bond donors (Lipinski definition) is 0. The molecule has 3 aromatic rings. The van der Waals surface area contributed by atoms with Crippen molar-refractivity contribution in [3.8, 4) is 5.75 Å². The maximum absolute atomic E-state index is 12.5. The first kappa shape index (κ1) is 17.5. The number of ether oxygens (including phenoxy) is 2. The molecule has 0 atom stereocenters. The lowest BCUT2D eigenvalue weighted by atomic mass is 10.1. The first-order chi connectivity index (χ1) is 13.1. The fourth-order valence-electron chi connectivity index (χ4n) is 3.14. The van der Waals surface area contributed by atoms with Crippen LogP contribution in [0.2, 0.25) is 5.02 Å². The Labute approximate surface area is 160 Å². The molecule has 0 unspecified atom stereocenters. The minimum Gasteiger partial charge on any atom is -0.490 e. The van der Waals surface area contributed by atoms with Gasteiger partial charge in [0.2, 0.25) is 0 Å². The Morgan fingerprint density at radius 1 is 1.19 bits per heavy atom. The van der Waals surface area contributed by atoms with Crippen LogP contribution in [0.15, 0.2) is 47.3 Å². The van der Waals surface area contributed by atoms with Gasteiger partial charge in [-0.1, -0.05) is 17.7 Å². The van der Waals surface area contributed by atoms with Crippen LogP contribution in [0.5, 0.6) is 5.75 Å². The largest absolute Gasteiger partial charge is 0.490 e. The van der Waals surface area contributed by atoms with Crippen molar-refractivity contribution in [2.24, 2.45) is 0 Å². The number of aromatic nitrogens is 2. The summed E-state index contributed by atoms with van der Waals surface area (Å²) in [6.45, 7) is 1.02. The number of carbonyl (C=O) groups excluding carboxylic acids is 1. The monoisotopic (exact) mass is 384 g/mol. The Balaban J connectivity index is 1.42. The predicted molar refractivity (Wildman–Crippen MR) is 102 cm³/mol. The Kier molecular flexibility index (Phi) is 4.81. The Morgan fingerprint density at radius 3 is 2.93 bits per heavy atom. The summed E-state index contributed by atoms with van der Waals surface area (Å²) in [7, 11) is 0. The van der Waals surface area contributed by atoms with E-state index in [-0.39, 0.29) is 18.8 Å². The van der Waals surface area contributed by atoms with Crippen molar-refractivity contribution < 1.29 is 14.3 Å². The lowest BCUT2D eigenvalue weighted by molar-refractivity contribution is 0.0450. The molecule has 0 N–H and O–H groups in total. The molecular formula is C20H17ClN2O4. The van der Waals surface area contributed by atoms with Crippen LogP contribution in [0.4, 0.5) is 0 Å². The molecule has 0 spiro atoms. The summed E-state index contributed by atoms with van der Waals surface area (Å²) < 4.78 is 12.4. The third kappa shape index (κ3) is 3.66. The number of benzene rings is 2. The highest BCUT2D eigenvalue weighted by atomic mass is 35.5. The van der Waals surface area contributed by atoms with Crippen molar-refractivity contribution in [1.29, 1.82) is 0 Å². The van der Waals surface area contributed by atoms with E-state index in [2.05, 4.69) is 4.98 Å². The number of fused-ring (bicyclic) bond motifs is 2. The van der Waals surface area contributed by atoms with E-state index >= 15 is 0 Å². The molecule has 0 aliphatic carbocycles. The van der Waals surface area contributed by atoms with Crippen molar-refractivity contribution in [1.82, 2.24) is 9.55 Å². The van der Waals surface area contributed by atoms with Crippen molar-refractivity contribution in [2.45, 2.75) is 19.4 Å². The number of carbonyl (C=O) groups is 1. The second-order valence-corrected chi connectivity index (χ2v) is 6.70. The fourth-order valence-corrected chi connectivity index (χ4v) is 3.32. The van der Waals surface area contributed by atoms with Crippen molar-refractivity contribution in [3.63, 3.8) is 0 Å². The average molecular weight is 385 g/mol. The maximum atomic E-state index is 12.5. The molecule has 0 saturated carbocycles. The highest BCUT2D eigenvalue weighted by molar-refractivity contribution is 6.30. The Bertz CT molecular complexity index is 1080. The fraction of sp³-hybridized carbons (Fsp3) is 0.250. The van der Waals surface area contributed by atoms with E-state index in [0.29, 0.717) is 33.8 Å². The summed E-state index contributed by atoms with van der Waals surface area (Å²) in [5.74, 6) is 0.907. The highest BCUT2D eigenvalue weighted by Gasteiger charge is 2.17. The van der Waals surface area contributed by atoms with Gasteiger partial charge in [0.05, 0.1) is 16.5 Å². The first-order valence-corrected chi connectivity index (χ1v) is 9.08. The molecular weight excluding hydrogens is 368 g/mol. The van der Waals surface area contributed by atoms with Crippen molar-refractivity contribution >= 4 is 28.5 Å². The van der Waals surface area contributed by atoms with Gasteiger partial charge in [0.1, 0.15) is 24.8 Å². The molecule has 27 heavy (non-hydrogen) atoms. The van der Waals surface area contributed by atoms with Crippen molar-refractivity contribution in [3.05, 3.63) is 69.2 Å². The molecule has 1 aromatic heterocycles. The van der Waals surface area contributed by atoms with Crippen LogP contribution < -0.4 is 10.3 Å². The van der Waals surface area contributed by atoms with Gasteiger partial charge in [-0.3, -0.25) is 9.36 Å². The molecule has 2 heterocycles. The SMILES string of the molecule is O=C(OCCOc1cccc(Cl)c1)c1ccc2c(=O)n3c(nc2c1)CCC3. The van der Waals surface area contributed by atoms with E-state index in [9.17, 15) is 9.59 Å². The van der Waals surface area contributed by atoms with Crippen LogP contribution in [0.1, 0.15) is 22.6 Å². The van der Waals surface area contributed by atoms with E-state index in [0.717, 1.165) is 18.7 Å². The summed E-state index contributed by atoms with van der Waals surface area (Å²) in [4.78, 5) is 29.2. The summed E-state index contributed by atoms with van der Waals surface area (Å²) in [6, 6.07) is 11.8. The lowest BCUT2D eigenvalue weighted by Gasteiger charge is -2.09. The molecule has 1 aliphatic heterocycles. The van der Waals surface area contributed by atoms with E-state index in [1.54, 1.807) is 47.0 Å². The van der Waals surface area contributed by atoms with Crippen LogP contribution in [0.3, 0.4) is 0 Å². The standard InChI is InChI=1S/C20H17ClN2O4/c21-14-3-1-4-15(12-14)26-9-10-27-20(25)13-6-7-16-17(11-13)22-18-5-2-8-23(18)19(16)24/h1,3-4,6-7,11-12H,2,5,8-10H2. The van der Waals surface area contributed by atoms with E-state index in [1.165, 1.54) is 0 Å². The topological polar surface area (TPSA) is 70.4 Å². The third-order valence-corrected chi connectivity index (χ3v) is 4.67. The van der Waals surface area contributed by atoms with E-state index < -0.39 is 5.97 Å². The molecule has 0 amide bonds. The van der Waals surface area contributed by atoms with E-state index in [4.69, 9.17) is 21.1 Å². The van der Waals surface area contributed by atoms with Gasteiger partial charge in [0.25, 0.3) is 5.56 Å². The first-order valence-electron chi connectivity index (χ1n) is 8.71. The molecule has 6 nitrogen and oxygen atoms in total. The molecule has 1 aliphatic rings. The zero-order chi connectivity index (χ0) is 18.8. The van der Waals surface area contributed by atoms with Gasteiger partial charge < -0.3 is 9.47 Å². The number of esters is 1. The van der Waals surface area contributed by atoms with Gasteiger partial charge >= 0.3 is 5.97 Å². The number of aryl methyl sites for hydroxylation is 1. The van der Waals surface area contributed by atoms with Crippen LogP contribution in [0, 0.1) is 0 Å².